The van der Waals surface area contributed by atoms with Crippen molar-refractivity contribution >= 4 is 69.9 Å². The Morgan fingerprint density at radius 2 is 1.34 bits per heavy atom. The minimum absolute atomic E-state index is 0.0750. The summed E-state index contributed by atoms with van der Waals surface area (Å²) in [5, 5.41) is -0.571. The van der Waals surface area contributed by atoms with E-state index in [0.29, 0.717) is 0 Å². The molecule has 32 heavy (non-hydrogen) atoms. The van der Waals surface area contributed by atoms with Gasteiger partial charge in [0, 0.05) is 0 Å². The Bertz CT molecular complexity index is 1020. The quantitative estimate of drug-likeness (QED) is 0.113. The first-order valence-corrected chi connectivity index (χ1v) is 11.8. The standard InChI is InChI=1S/C23H21Cl4NO4/c1-2-3-4-5-6-9-12-32-23(31)13-10-7-8-11-14(13)28-21(29)15-16(22(28)30)18(25)20(27)19(26)17(15)24/h7-8,10-11H,2-6,9,12H2,1H3. The van der Waals surface area contributed by atoms with Gasteiger partial charge in [0.15, 0.2) is 0 Å². The maximum atomic E-state index is 13.1. The Morgan fingerprint density at radius 3 is 1.94 bits per heavy atom. The van der Waals surface area contributed by atoms with Crippen molar-refractivity contribution < 1.29 is 19.1 Å². The molecule has 2 amide bonds. The Kier molecular flexibility index (Phi) is 8.45. The molecule has 0 saturated heterocycles. The summed E-state index contributed by atoms with van der Waals surface area (Å²) in [5.74, 6) is -2.11. The highest BCUT2D eigenvalue weighted by molar-refractivity contribution is 6.56. The van der Waals surface area contributed by atoms with Gasteiger partial charge < -0.3 is 4.74 Å². The molecule has 2 aromatic carbocycles. The number of benzene rings is 2. The van der Waals surface area contributed by atoms with E-state index in [2.05, 4.69) is 6.92 Å². The number of hydrogen-bond acceptors (Lipinski definition) is 4. The molecule has 3 rings (SSSR count). The van der Waals surface area contributed by atoms with Crippen LogP contribution in [-0.2, 0) is 4.74 Å². The predicted octanol–water partition coefficient (Wildman–Crippen LogP) is 7.62. The number of fused-ring (bicyclic) bond motifs is 1. The van der Waals surface area contributed by atoms with Crippen molar-refractivity contribution in [1.82, 2.24) is 0 Å². The fraction of sp³-hybridized carbons (Fsp3) is 0.348. The van der Waals surface area contributed by atoms with Crippen molar-refractivity contribution in [3.63, 3.8) is 0 Å². The molecule has 0 bridgehead atoms. The molecule has 0 unspecified atom stereocenters. The summed E-state index contributed by atoms with van der Waals surface area (Å²) in [6, 6.07) is 6.20. The van der Waals surface area contributed by atoms with Gasteiger partial charge >= 0.3 is 5.97 Å². The number of nitrogens with zero attached hydrogens (tertiary/aromatic N) is 1. The van der Waals surface area contributed by atoms with Crippen LogP contribution in [0.3, 0.4) is 0 Å². The normalized spacial score (nSPS) is 13.0. The molecule has 0 saturated carbocycles. The number of amides is 2. The first-order valence-electron chi connectivity index (χ1n) is 10.3. The van der Waals surface area contributed by atoms with E-state index in [0.717, 1.165) is 30.6 Å². The lowest BCUT2D eigenvalue weighted by molar-refractivity contribution is 0.0498. The van der Waals surface area contributed by atoms with E-state index in [1.165, 1.54) is 25.0 Å². The smallest absolute Gasteiger partial charge is 0.340 e. The highest BCUT2D eigenvalue weighted by atomic mass is 35.5. The van der Waals surface area contributed by atoms with Crippen molar-refractivity contribution in [3.8, 4) is 0 Å². The van der Waals surface area contributed by atoms with Crippen LogP contribution in [0.2, 0.25) is 20.1 Å². The summed E-state index contributed by atoms with van der Waals surface area (Å²) in [6.45, 7) is 2.41. The van der Waals surface area contributed by atoms with Crippen molar-refractivity contribution in [2.75, 3.05) is 11.5 Å². The largest absolute Gasteiger partial charge is 0.462 e. The lowest BCUT2D eigenvalue weighted by atomic mass is 10.1. The zero-order valence-corrected chi connectivity index (χ0v) is 20.4. The predicted molar refractivity (Wildman–Crippen MR) is 128 cm³/mol. The van der Waals surface area contributed by atoms with Crippen LogP contribution in [0.5, 0.6) is 0 Å². The first-order chi connectivity index (χ1) is 15.3. The Hall–Kier alpha value is -1.79. The number of imide groups is 1. The van der Waals surface area contributed by atoms with Gasteiger partial charge in [-0.1, -0.05) is 97.6 Å². The molecule has 5 nitrogen and oxygen atoms in total. The van der Waals surface area contributed by atoms with Crippen molar-refractivity contribution in [1.29, 1.82) is 0 Å². The molecule has 0 spiro atoms. The molecule has 1 aliphatic rings. The third-order valence-electron chi connectivity index (χ3n) is 5.20. The third kappa shape index (κ3) is 4.76. The molecular weight excluding hydrogens is 496 g/mol. The van der Waals surface area contributed by atoms with E-state index in [-0.39, 0.29) is 49.1 Å². The van der Waals surface area contributed by atoms with Crippen LogP contribution >= 0.6 is 46.4 Å². The minimum atomic E-state index is -0.744. The second-order valence-electron chi connectivity index (χ2n) is 7.37. The summed E-state index contributed by atoms with van der Waals surface area (Å²) in [5.41, 5.74) is -0.138. The fourth-order valence-electron chi connectivity index (χ4n) is 3.53. The van der Waals surface area contributed by atoms with Crippen LogP contribution in [0.1, 0.15) is 76.5 Å². The summed E-state index contributed by atoms with van der Waals surface area (Å²) in [6.07, 6.45) is 6.31. The Morgan fingerprint density at radius 1 is 0.812 bits per heavy atom. The monoisotopic (exact) mass is 515 g/mol. The molecule has 1 heterocycles. The molecular formula is C23H21Cl4NO4. The van der Waals surface area contributed by atoms with Crippen LogP contribution in [0.15, 0.2) is 24.3 Å². The number of hydrogen-bond donors (Lipinski definition) is 0. The topological polar surface area (TPSA) is 63.7 Å². The molecule has 0 fully saturated rings. The third-order valence-corrected chi connectivity index (χ3v) is 7.00. The highest BCUT2D eigenvalue weighted by Gasteiger charge is 2.43. The van der Waals surface area contributed by atoms with Gasteiger partial charge in [-0.25, -0.2) is 9.69 Å². The maximum Gasteiger partial charge on any atom is 0.340 e. The van der Waals surface area contributed by atoms with Gasteiger partial charge in [0.05, 0.1) is 49.1 Å². The van der Waals surface area contributed by atoms with Gasteiger partial charge in [-0.15, -0.1) is 0 Å². The molecule has 170 valence electrons. The highest BCUT2D eigenvalue weighted by Crippen LogP contribution is 2.46. The van der Waals surface area contributed by atoms with E-state index < -0.39 is 17.8 Å². The number of carbonyl (C=O) groups is 3. The van der Waals surface area contributed by atoms with Gasteiger partial charge in [0.1, 0.15) is 0 Å². The van der Waals surface area contributed by atoms with Gasteiger partial charge in [-0.2, -0.15) is 0 Å². The molecule has 1 aliphatic heterocycles. The number of ether oxygens (including phenoxy) is 1. The molecule has 0 radical (unpaired) electrons. The fourth-order valence-corrected chi connectivity index (χ4v) is 4.55. The van der Waals surface area contributed by atoms with E-state index in [4.69, 9.17) is 51.1 Å². The van der Waals surface area contributed by atoms with Crippen molar-refractivity contribution in [3.05, 3.63) is 61.0 Å². The average Bonchev–Trinajstić information content (AvgIpc) is 3.05. The Balaban J connectivity index is 1.82. The van der Waals surface area contributed by atoms with Crippen LogP contribution in [0, 0.1) is 0 Å². The summed E-state index contributed by atoms with van der Waals surface area (Å²) >= 11 is 24.5. The molecule has 9 heteroatoms. The molecule has 0 aromatic heterocycles. The second kappa shape index (κ2) is 10.9. The van der Waals surface area contributed by atoms with Gasteiger partial charge in [0.2, 0.25) is 0 Å². The van der Waals surface area contributed by atoms with E-state index in [1.54, 1.807) is 12.1 Å². The zero-order valence-electron chi connectivity index (χ0n) is 17.4. The maximum absolute atomic E-state index is 13.1. The van der Waals surface area contributed by atoms with Crippen LogP contribution < -0.4 is 4.90 Å². The van der Waals surface area contributed by atoms with Crippen molar-refractivity contribution in [2.24, 2.45) is 0 Å². The number of halogens is 4. The minimum Gasteiger partial charge on any atom is -0.462 e. The Labute approximate surface area is 206 Å². The molecule has 2 aromatic rings. The van der Waals surface area contributed by atoms with Gasteiger partial charge in [-0.05, 0) is 18.6 Å². The lowest BCUT2D eigenvalue weighted by Crippen LogP contribution is -2.31. The number of rotatable bonds is 9. The summed E-state index contributed by atoms with van der Waals surface area (Å²) in [4.78, 5) is 39.8. The SMILES string of the molecule is CCCCCCCCOC(=O)c1ccccc1N1C(=O)c2c(Cl)c(Cl)c(Cl)c(Cl)c2C1=O. The number of carbonyl (C=O) groups excluding carboxylic acids is 3. The zero-order chi connectivity index (χ0) is 23.4. The molecule has 0 atom stereocenters. The van der Waals surface area contributed by atoms with E-state index in [1.807, 2.05) is 0 Å². The summed E-state index contributed by atoms with van der Waals surface area (Å²) in [7, 11) is 0. The number of anilines is 1. The van der Waals surface area contributed by atoms with Crippen LogP contribution in [0.4, 0.5) is 5.69 Å². The number of unbranched alkanes of at least 4 members (excludes halogenated alkanes) is 5. The van der Waals surface area contributed by atoms with Crippen molar-refractivity contribution in [2.45, 2.75) is 45.4 Å². The van der Waals surface area contributed by atoms with Gasteiger partial charge in [-0.3, -0.25) is 9.59 Å². The van der Waals surface area contributed by atoms with Gasteiger partial charge in [0.25, 0.3) is 11.8 Å². The molecule has 0 N–H and O–H groups in total. The number of para-hydroxylation sites is 1. The molecule has 0 aliphatic carbocycles. The number of esters is 1. The lowest BCUT2D eigenvalue weighted by Gasteiger charge is -2.17. The van der Waals surface area contributed by atoms with E-state index in [9.17, 15) is 14.4 Å². The average molecular weight is 517 g/mol. The summed E-state index contributed by atoms with van der Waals surface area (Å²) < 4.78 is 5.39. The first kappa shape index (κ1) is 24.8. The van der Waals surface area contributed by atoms with Crippen LogP contribution in [-0.4, -0.2) is 24.4 Å². The second-order valence-corrected chi connectivity index (χ2v) is 8.88. The van der Waals surface area contributed by atoms with E-state index >= 15 is 0 Å². The van der Waals surface area contributed by atoms with Crippen LogP contribution in [0.25, 0.3) is 0 Å².